The fourth-order valence-electron chi connectivity index (χ4n) is 4.52. The summed E-state index contributed by atoms with van der Waals surface area (Å²) in [6, 6.07) is 10.6. The maximum absolute atomic E-state index is 10.4. The van der Waals surface area contributed by atoms with Gasteiger partial charge in [-0.05, 0) is 49.1 Å². The Morgan fingerprint density at radius 2 is 1.61 bits per heavy atom. The summed E-state index contributed by atoms with van der Waals surface area (Å²) in [7, 11) is 0. The third-order valence-electron chi connectivity index (χ3n) is 6.39. The highest BCUT2D eigenvalue weighted by atomic mass is 35.5. The Morgan fingerprint density at radius 1 is 1.00 bits per heavy atom. The Bertz CT molecular complexity index is 547. The molecule has 1 unspecified atom stereocenters. The van der Waals surface area contributed by atoms with Crippen molar-refractivity contribution in [3.8, 4) is 0 Å². The number of hydrogen-bond acceptors (Lipinski definition) is 4. The molecule has 1 atom stereocenters. The molecule has 1 aliphatic heterocycles. The molecule has 1 aromatic rings. The fraction of sp³-hybridized carbons (Fsp3) is 0.739. The van der Waals surface area contributed by atoms with Gasteiger partial charge in [0.2, 0.25) is 0 Å². The Kier molecular flexibility index (Phi) is 9.07. The van der Waals surface area contributed by atoms with Gasteiger partial charge in [0.1, 0.15) is 0 Å². The summed E-state index contributed by atoms with van der Waals surface area (Å²) in [4.78, 5) is 4.79. The number of piperazine rings is 1. The van der Waals surface area contributed by atoms with Crippen molar-refractivity contribution < 1.29 is 22.3 Å². The number of ether oxygens (including phenoxy) is 1. The molecular formula is C23H38ClN2O2-. The Labute approximate surface area is 177 Å². The van der Waals surface area contributed by atoms with Gasteiger partial charge in [0.15, 0.2) is 0 Å². The van der Waals surface area contributed by atoms with Crippen LogP contribution in [0.5, 0.6) is 0 Å². The molecule has 1 saturated heterocycles. The summed E-state index contributed by atoms with van der Waals surface area (Å²) in [5.74, 6) is 0.809. The van der Waals surface area contributed by atoms with Crippen LogP contribution in [0.3, 0.4) is 0 Å². The molecule has 0 aromatic heterocycles. The molecule has 0 amide bonds. The van der Waals surface area contributed by atoms with Crippen LogP contribution in [0.25, 0.3) is 0 Å². The van der Waals surface area contributed by atoms with Crippen molar-refractivity contribution in [3.05, 3.63) is 30.3 Å². The molecule has 160 valence electrons. The summed E-state index contributed by atoms with van der Waals surface area (Å²) < 4.78 is 6.05. The van der Waals surface area contributed by atoms with E-state index in [1.807, 2.05) is 0 Å². The van der Waals surface area contributed by atoms with Crippen molar-refractivity contribution in [1.29, 1.82) is 0 Å². The average molecular weight is 410 g/mol. The number of nitrogens with zero attached hydrogens (tertiary/aromatic N) is 2. The van der Waals surface area contributed by atoms with Crippen LogP contribution in [-0.4, -0.2) is 61.5 Å². The first kappa shape index (κ1) is 23.5. The van der Waals surface area contributed by atoms with Gasteiger partial charge >= 0.3 is 0 Å². The van der Waals surface area contributed by atoms with E-state index in [1.54, 1.807) is 0 Å². The second-order valence-electron chi connectivity index (χ2n) is 9.45. The third kappa shape index (κ3) is 6.91. The molecule has 5 heteroatoms. The van der Waals surface area contributed by atoms with E-state index in [2.05, 4.69) is 60.9 Å². The fourth-order valence-corrected chi connectivity index (χ4v) is 4.52. The smallest absolute Gasteiger partial charge is 0.0900 e. The number of aliphatic hydroxyl groups is 1. The maximum Gasteiger partial charge on any atom is 0.0900 e. The number of benzene rings is 1. The first-order chi connectivity index (χ1) is 12.9. The van der Waals surface area contributed by atoms with Gasteiger partial charge in [-0.25, -0.2) is 0 Å². The van der Waals surface area contributed by atoms with Crippen LogP contribution in [0.4, 0.5) is 5.69 Å². The highest BCUT2D eigenvalue weighted by molar-refractivity contribution is 5.46. The first-order valence-electron chi connectivity index (χ1n) is 10.7. The Balaban J connectivity index is 0.00000280. The Morgan fingerprint density at radius 3 is 2.18 bits per heavy atom. The van der Waals surface area contributed by atoms with Gasteiger partial charge in [-0.2, -0.15) is 0 Å². The van der Waals surface area contributed by atoms with Crippen LogP contribution in [0.1, 0.15) is 46.5 Å². The second kappa shape index (κ2) is 10.8. The average Bonchev–Trinajstić information content (AvgIpc) is 2.67. The number of halogens is 1. The lowest BCUT2D eigenvalue weighted by atomic mass is 9.72. The van der Waals surface area contributed by atoms with E-state index in [-0.39, 0.29) is 18.5 Å². The maximum atomic E-state index is 10.4. The van der Waals surface area contributed by atoms with E-state index >= 15 is 0 Å². The molecule has 28 heavy (non-hydrogen) atoms. The molecule has 0 radical (unpaired) electrons. The minimum absolute atomic E-state index is 0. The number of hydrogen-bond donors (Lipinski definition) is 1. The van der Waals surface area contributed by atoms with Crippen LogP contribution in [0, 0.1) is 11.3 Å². The minimum Gasteiger partial charge on any atom is -1.00 e. The van der Waals surface area contributed by atoms with Crippen LogP contribution in [0.15, 0.2) is 30.3 Å². The van der Waals surface area contributed by atoms with Crippen molar-refractivity contribution in [2.24, 2.45) is 11.3 Å². The molecule has 1 N–H and O–H groups in total. The third-order valence-corrected chi connectivity index (χ3v) is 6.39. The lowest BCUT2D eigenvalue weighted by molar-refractivity contribution is -0.0446. The van der Waals surface area contributed by atoms with Gasteiger partial charge in [0.05, 0.1) is 18.8 Å². The number of rotatable bonds is 6. The zero-order valence-corrected chi connectivity index (χ0v) is 18.6. The van der Waals surface area contributed by atoms with E-state index < -0.39 is 0 Å². The molecule has 1 heterocycles. The zero-order chi connectivity index (χ0) is 19.3. The zero-order valence-electron chi connectivity index (χ0n) is 17.8. The first-order valence-corrected chi connectivity index (χ1v) is 10.7. The minimum atomic E-state index is -0.381. The molecule has 0 bridgehead atoms. The summed E-state index contributed by atoms with van der Waals surface area (Å²) in [5, 5.41) is 10.4. The summed E-state index contributed by atoms with van der Waals surface area (Å²) in [5.41, 5.74) is 1.71. The molecule has 1 saturated carbocycles. The number of anilines is 1. The van der Waals surface area contributed by atoms with Crippen LogP contribution >= 0.6 is 0 Å². The molecule has 1 aromatic carbocycles. The highest BCUT2D eigenvalue weighted by Crippen LogP contribution is 2.38. The topological polar surface area (TPSA) is 35.9 Å². The van der Waals surface area contributed by atoms with Crippen molar-refractivity contribution in [2.75, 3.05) is 44.2 Å². The summed E-state index contributed by atoms with van der Waals surface area (Å²) in [6.07, 6.45) is 4.76. The van der Waals surface area contributed by atoms with Crippen molar-refractivity contribution in [1.82, 2.24) is 4.90 Å². The van der Waals surface area contributed by atoms with Gasteiger partial charge in [-0.15, -0.1) is 0 Å². The van der Waals surface area contributed by atoms with Gasteiger partial charge in [0, 0.05) is 38.4 Å². The number of β-amino-alcohol motifs (C(OH)–C–C–N with tert-alkyl or cyclic N) is 1. The van der Waals surface area contributed by atoms with Gasteiger partial charge < -0.3 is 27.2 Å². The quantitative estimate of drug-likeness (QED) is 0.753. The highest BCUT2D eigenvalue weighted by Gasteiger charge is 2.30. The van der Waals surface area contributed by atoms with Crippen molar-refractivity contribution in [3.63, 3.8) is 0 Å². The monoisotopic (exact) mass is 409 g/mol. The van der Waals surface area contributed by atoms with Gasteiger partial charge in [-0.1, -0.05) is 39.0 Å². The van der Waals surface area contributed by atoms with E-state index in [0.717, 1.165) is 51.5 Å². The van der Waals surface area contributed by atoms with Crippen LogP contribution in [-0.2, 0) is 4.74 Å². The van der Waals surface area contributed by atoms with E-state index in [1.165, 1.54) is 18.5 Å². The van der Waals surface area contributed by atoms with E-state index in [9.17, 15) is 5.11 Å². The van der Waals surface area contributed by atoms with Gasteiger partial charge in [-0.3, -0.25) is 4.90 Å². The number of aliphatic hydroxyl groups excluding tert-OH is 1. The molecule has 2 fully saturated rings. The predicted octanol–water partition coefficient (Wildman–Crippen LogP) is 0.795. The summed E-state index contributed by atoms with van der Waals surface area (Å²) in [6.45, 7) is 12.3. The van der Waals surface area contributed by atoms with Gasteiger partial charge in [0.25, 0.3) is 0 Å². The van der Waals surface area contributed by atoms with Crippen LogP contribution in [0.2, 0.25) is 0 Å². The Hall–Kier alpha value is -0.810. The second-order valence-corrected chi connectivity index (χ2v) is 9.45. The van der Waals surface area contributed by atoms with Crippen LogP contribution < -0.4 is 17.3 Å². The molecule has 4 nitrogen and oxygen atoms in total. The summed E-state index contributed by atoms with van der Waals surface area (Å²) >= 11 is 0. The molecule has 0 spiro atoms. The van der Waals surface area contributed by atoms with E-state index in [0.29, 0.717) is 18.1 Å². The molecule has 1 aliphatic carbocycles. The molecule has 3 rings (SSSR count). The lowest BCUT2D eigenvalue weighted by Crippen LogP contribution is -3.00. The number of para-hydroxylation sites is 1. The standard InChI is InChI=1S/C23H38N2O2.ClH/c1-23(2,3)19-9-11-22(12-10-19)27-18-21(26)17-24-13-15-25(16-14-24)20-7-5-4-6-8-20;/h4-8,19,21-22,26H,9-18H2,1-3H3;1H/p-1. The largest absolute Gasteiger partial charge is 1.00 e. The molecular weight excluding hydrogens is 372 g/mol. The predicted molar refractivity (Wildman–Crippen MR) is 112 cm³/mol. The van der Waals surface area contributed by atoms with E-state index in [4.69, 9.17) is 4.74 Å². The lowest BCUT2D eigenvalue weighted by Gasteiger charge is -2.38. The van der Waals surface area contributed by atoms with Crippen molar-refractivity contribution in [2.45, 2.75) is 58.7 Å². The normalized spacial score (nSPS) is 25.2. The SMILES string of the molecule is CC(C)(C)C1CCC(OCC(O)CN2CCN(c3ccccc3)CC2)CC1.[Cl-]. The molecule has 2 aliphatic rings. The van der Waals surface area contributed by atoms with Crippen molar-refractivity contribution >= 4 is 5.69 Å².